The second-order valence-corrected chi connectivity index (χ2v) is 3.35. The first-order valence-corrected chi connectivity index (χ1v) is 5.18. The van der Waals surface area contributed by atoms with Crippen molar-refractivity contribution >= 4 is 0 Å². The van der Waals surface area contributed by atoms with Crippen LogP contribution in [0.5, 0.6) is 0 Å². The normalized spacial score (nSPS) is 10.2. The second-order valence-electron chi connectivity index (χ2n) is 3.35. The molecule has 0 spiro atoms. The van der Waals surface area contributed by atoms with Crippen LogP contribution in [0.3, 0.4) is 0 Å². The van der Waals surface area contributed by atoms with E-state index in [1.54, 1.807) is 0 Å². The van der Waals surface area contributed by atoms with E-state index in [0.29, 0.717) is 0 Å². The summed E-state index contributed by atoms with van der Waals surface area (Å²) in [7, 11) is 0. The Labute approximate surface area is 77.2 Å². The number of hydrogen-bond acceptors (Lipinski definition) is 1. The quantitative estimate of drug-likeness (QED) is 0.435. The highest BCUT2D eigenvalue weighted by molar-refractivity contribution is 4.93. The lowest BCUT2D eigenvalue weighted by molar-refractivity contribution is 0.652. The Kier molecular flexibility index (Phi) is 8.57. The van der Waals surface area contributed by atoms with Crippen LogP contribution in [-0.2, 0) is 0 Å². The van der Waals surface area contributed by atoms with Gasteiger partial charge in [-0.05, 0) is 38.8 Å². The molecule has 0 heterocycles. The predicted molar refractivity (Wildman–Crippen MR) is 56.4 cm³/mol. The van der Waals surface area contributed by atoms with Gasteiger partial charge >= 0.3 is 0 Å². The maximum Gasteiger partial charge on any atom is -0.00117 e. The molecule has 0 saturated heterocycles. The fourth-order valence-electron chi connectivity index (χ4n) is 1.12. The minimum Gasteiger partial charge on any atom is -0.316 e. The van der Waals surface area contributed by atoms with Gasteiger partial charge in [-0.3, -0.25) is 0 Å². The van der Waals surface area contributed by atoms with Gasteiger partial charge in [-0.2, -0.15) is 0 Å². The average Bonchev–Trinajstić information content (AvgIpc) is 2.09. The number of unbranched alkanes of at least 4 members (excludes halogenated alkanes) is 1. The maximum atomic E-state index is 4.05. The minimum absolute atomic E-state index is 1.11. The molecule has 0 unspecified atom stereocenters. The van der Waals surface area contributed by atoms with Gasteiger partial charge in [-0.1, -0.05) is 32.4 Å². The zero-order valence-corrected chi connectivity index (χ0v) is 8.66. The van der Waals surface area contributed by atoms with Crippen molar-refractivity contribution < 1.29 is 0 Å². The molecule has 0 saturated carbocycles. The molecule has 1 N–H and O–H groups in total. The first kappa shape index (κ1) is 11.7. The molecule has 72 valence electrons. The standard InChI is InChI=1S/C11H23N/c1-4-6-7-11(3)8-10-12-9-5-2/h12H,3-10H2,1-2H3. The van der Waals surface area contributed by atoms with Crippen LogP contribution in [0, 0.1) is 0 Å². The Bertz CT molecular complexity index is 108. The molecule has 12 heavy (non-hydrogen) atoms. The third-order valence-corrected chi connectivity index (χ3v) is 1.97. The van der Waals surface area contributed by atoms with Crippen LogP contribution >= 0.6 is 0 Å². The lowest BCUT2D eigenvalue weighted by Gasteiger charge is -2.05. The number of hydrogen-bond donors (Lipinski definition) is 1. The zero-order valence-electron chi connectivity index (χ0n) is 8.66. The average molecular weight is 169 g/mol. The molecule has 0 rings (SSSR count). The summed E-state index contributed by atoms with van der Waals surface area (Å²) in [5.41, 5.74) is 1.40. The van der Waals surface area contributed by atoms with Crippen molar-refractivity contribution in [3.8, 4) is 0 Å². The lowest BCUT2D eigenvalue weighted by Crippen LogP contribution is -2.16. The first-order valence-electron chi connectivity index (χ1n) is 5.18. The highest BCUT2D eigenvalue weighted by Gasteiger charge is 1.92. The zero-order chi connectivity index (χ0) is 9.23. The van der Waals surface area contributed by atoms with E-state index in [9.17, 15) is 0 Å². The smallest absolute Gasteiger partial charge is 0.00117 e. The van der Waals surface area contributed by atoms with Crippen molar-refractivity contribution in [2.24, 2.45) is 0 Å². The van der Waals surface area contributed by atoms with E-state index in [0.717, 1.165) is 19.5 Å². The summed E-state index contributed by atoms with van der Waals surface area (Å²) in [4.78, 5) is 0. The van der Waals surface area contributed by atoms with Crippen LogP contribution in [-0.4, -0.2) is 13.1 Å². The fraction of sp³-hybridized carbons (Fsp3) is 0.818. The minimum atomic E-state index is 1.11. The lowest BCUT2D eigenvalue weighted by atomic mass is 10.1. The summed E-state index contributed by atoms with van der Waals surface area (Å²) in [6.07, 6.45) is 6.17. The number of rotatable bonds is 8. The maximum absolute atomic E-state index is 4.05. The van der Waals surface area contributed by atoms with Crippen LogP contribution in [0.2, 0.25) is 0 Å². The van der Waals surface area contributed by atoms with Crippen LogP contribution in [0.15, 0.2) is 12.2 Å². The predicted octanol–water partition coefficient (Wildman–Crippen LogP) is 3.12. The van der Waals surface area contributed by atoms with Gasteiger partial charge in [0.25, 0.3) is 0 Å². The molecule has 0 bridgehead atoms. The van der Waals surface area contributed by atoms with Gasteiger partial charge in [0.1, 0.15) is 0 Å². The summed E-state index contributed by atoms with van der Waals surface area (Å²) < 4.78 is 0. The van der Waals surface area contributed by atoms with Gasteiger partial charge in [0.05, 0.1) is 0 Å². The van der Waals surface area contributed by atoms with E-state index in [-0.39, 0.29) is 0 Å². The molecule has 0 aromatic rings. The van der Waals surface area contributed by atoms with E-state index in [2.05, 4.69) is 25.7 Å². The highest BCUT2D eigenvalue weighted by Crippen LogP contribution is 2.07. The molecule has 0 atom stereocenters. The SMILES string of the molecule is C=C(CCCC)CCNCCC. The molecule has 1 heteroatoms. The van der Waals surface area contributed by atoms with Crippen molar-refractivity contribution in [3.63, 3.8) is 0 Å². The molecular weight excluding hydrogens is 146 g/mol. The van der Waals surface area contributed by atoms with Gasteiger partial charge in [-0.15, -0.1) is 0 Å². The Balaban J connectivity index is 3.08. The van der Waals surface area contributed by atoms with Gasteiger partial charge in [0, 0.05) is 0 Å². The van der Waals surface area contributed by atoms with Crippen LogP contribution in [0.4, 0.5) is 0 Å². The van der Waals surface area contributed by atoms with E-state index >= 15 is 0 Å². The molecular formula is C11H23N. The van der Waals surface area contributed by atoms with Crippen molar-refractivity contribution in [1.29, 1.82) is 0 Å². The third kappa shape index (κ3) is 7.80. The van der Waals surface area contributed by atoms with Gasteiger partial charge in [0.15, 0.2) is 0 Å². The van der Waals surface area contributed by atoms with Crippen molar-refractivity contribution in [3.05, 3.63) is 12.2 Å². The fourth-order valence-corrected chi connectivity index (χ4v) is 1.12. The molecule has 0 aromatic heterocycles. The van der Waals surface area contributed by atoms with E-state index < -0.39 is 0 Å². The molecule has 0 aliphatic heterocycles. The summed E-state index contributed by atoms with van der Waals surface area (Å²) in [6, 6.07) is 0. The topological polar surface area (TPSA) is 12.0 Å². The van der Waals surface area contributed by atoms with Crippen LogP contribution < -0.4 is 5.32 Å². The number of nitrogens with one attached hydrogen (secondary N) is 1. The molecule has 0 aliphatic rings. The largest absolute Gasteiger partial charge is 0.316 e. The molecule has 1 nitrogen and oxygen atoms in total. The Hall–Kier alpha value is -0.300. The Morgan fingerprint density at radius 1 is 1.08 bits per heavy atom. The molecule has 0 aromatic carbocycles. The van der Waals surface area contributed by atoms with Crippen molar-refractivity contribution in [2.75, 3.05) is 13.1 Å². The Morgan fingerprint density at radius 2 is 1.83 bits per heavy atom. The van der Waals surface area contributed by atoms with E-state index in [1.165, 1.54) is 31.3 Å². The van der Waals surface area contributed by atoms with Crippen LogP contribution in [0.1, 0.15) is 46.0 Å². The molecule has 0 fully saturated rings. The summed E-state index contributed by atoms with van der Waals surface area (Å²) in [5, 5.41) is 3.38. The first-order chi connectivity index (χ1) is 5.81. The van der Waals surface area contributed by atoms with Gasteiger partial charge in [-0.25, -0.2) is 0 Å². The summed E-state index contributed by atoms with van der Waals surface area (Å²) >= 11 is 0. The monoisotopic (exact) mass is 169 g/mol. The summed E-state index contributed by atoms with van der Waals surface area (Å²) in [6.45, 7) is 10.7. The van der Waals surface area contributed by atoms with Gasteiger partial charge < -0.3 is 5.32 Å². The Morgan fingerprint density at radius 3 is 2.42 bits per heavy atom. The van der Waals surface area contributed by atoms with E-state index in [1.807, 2.05) is 0 Å². The van der Waals surface area contributed by atoms with Crippen LogP contribution in [0.25, 0.3) is 0 Å². The second kappa shape index (κ2) is 8.79. The molecule has 0 aliphatic carbocycles. The van der Waals surface area contributed by atoms with Crippen molar-refractivity contribution in [1.82, 2.24) is 5.32 Å². The third-order valence-electron chi connectivity index (χ3n) is 1.97. The molecule has 0 radical (unpaired) electrons. The van der Waals surface area contributed by atoms with Crippen molar-refractivity contribution in [2.45, 2.75) is 46.0 Å². The highest BCUT2D eigenvalue weighted by atomic mass is 14.8. The summed E-state index contributed by atoms with van der Waals surface area (Å²) in [5.74, 6) is 0. The van der Waals surface area contributed by atoms with Gasteiger partial charge in [0.2, 0.25) is 0 Å². The van der Waals surface area contributed by atoms with E-state index in [4.69, 9.17) is 0 Å². The molecule has 0 amide bonds.